The van der Waals surface area contributed by atoms with Crippen molar-refractivity contribution in [1.29, 1.82) is 0 Å². The second kappa shape index (κ2) is 4.63. The molecule has 2 heteroatoms. The Morgan fingerprint density at radius 2 is 2.14 bits per heavy atom. The molecule has 0 aromatic rings. The highest BCUT2D eigenvalue weighted by Gasteiger charge is 2.31. The highest BCUT2D eigenvalue weighted by atomic mass is 15.3. The van der Waals surface area contributed by atoms with E-state index in [2.05, 4.69) is 23.6 Å². The van der Waals surface area contributed by atoms with E-state index in [-0.39, 0.29) is 0 Å². The lowest BCUT2D eigenvalue weighted by atomic mass is 10.1. The van der Waals surface area contributed by atoms with Crippen molar-refractivity contribution in [2.75, 3.05) is 26.2 Å². The molecule has 2 fully saturated rings. The van der Waals surface area contributed by atoms with Crippen molar-refractivity contribution in [3.8, 4) is 0 Å². The zero-order valence-corrected chi connectivity index (χ0v) is 9.71. The molecular weight excluding hydrogens is 172 g/mol. The van der Waals surface area contributed by atoms with E-state index < -0.39 is 0 Å². The molecule has 82 valence electrons. The summed E-state index contributed by atoms with van der Waals surface area (Å²) in [4.78, 5) is 5.39. The van der Waals surface area contributed by atoms with E-state index in [1.807, 2.05) is 0 Å². The SMILES string of the molecule is CCCC(C)N1CCN2CCCC2C1. The molecule has 2 aliphatic rings. The lowest BCUT2D eigenvalue weighted by Gasteiger charge is -2.40. The summed E-state index contributed by atoms with van der Waals surface area (Å²) in [6.07, 6.45) is 5.56. The maximum Gasteiger partial charge on any atom is 0.0224 e. The summed E-state index contributed by atoms with van der Waals surface area (Å²) in [5, 5.41) is 0. The van der Waals surface area contributed by atoms with E-state index in [1.165, 1.54) is 51.9 Å². The third-order valence-corrected chi connectivity index (χ3v) is 3.95. The van der Waals surface area contributed by atoms with E-state index in [0.717, 1.165) is 12.1 Å². The van der Waals surface area contributed by atoms with Gasteiger partial charge in [0.25, 0.3) is 0 Å². The van der Waals surface area contributed by atoms with Crippen LogP contribution in [0.25, 0.3) is 0 Å². The molecule has 2 unspecified atom stereocenters. The average Bonchev–Trinajstić information content (AvgIpc) is 2.64. The third-order valence-electron chi connectivity index (χ3n) is 3.95. The van der Waals surface area contributed by atoms with Crippen molar-refractivity contribution in [3.63, 3.8) is 0 Å². The predicted molar refractivity (Wildman–Crippen MR) is 60.5 cm³/mol. The first-order chi connectivity index (χ1) is 6.81. The minimum atomic E-state index is 0.808. The quantitative estimate of drug-likeness (QED) is 0.681. The highest BCUT2D eigenvalue weighted by Crippen LogP contribution is 2.23. The second-order valence-electron chi connectivity index (χ2n) is 4.96. The molecule has 0 radical (unpaired) electrons. The lowest BCUT2D eigenvalue weighted by Crippen LogP contribution is -2.52. The standard InChI is InChI=1S/C12H24N2/c1-3-5-11(2)14-9-8-13-7-4-6-12(13)10-14/h11-12H,3-10H2,1-2H3. The summed E-state index contributed by atoms with van der Waals surface area (Å²) >= 11 is 0. The summed E-state index contributed by atoms with van der Waals surface area (Å²) in [6.45, 7) is 10.0. The first kappa shape index (κ1) is 10.4. The van der Waals surface area contributed by atoms with Crippen LogP contribution >= 0.6 is 0 Å². The lowest BCUT2D eigenvalue weighted by molar-refractivity contribution is 0.0740. The molecular formula is C12H24N2. The van der Waals surface area contributed by atoms with Crippen molar-refractivity contribution >= 4 is 0 Å². The maximum absolute atomic E-state index is 2.70. The van der Waals surface area contributed by atoms with Gasteiger partial charge in [-0.1, -0.05) is 13.3 Å². The first-order valence-electron chi connectivity index (χ1n) is 6.29. The fourth-order valence-electron chi connectivity index (χ4n) is 3.02. The van der Waals surface area contributed by atoms with Gasteiger partial charge in [-0.25, -0.2) is 0 Å². The van der Waals surface area contributed by atoms with Crippen LogP contribution in [0.2, 0.25) is 0 Å². The van der Waals surface area contributed by atoms with Gasteiger partial charge in [-0.3, -0.25) is 9.80 Å². The molecule has 2 heterocycles. The number of hydrogen-bond acceptors (Lipinski definition) is 2. The minimum Gasteiger partial charge on any atom is -0.298 e. The molecule has 0 aromatic heterocycles. The summed E-state index contributed by atoms with van der Waals surface area (Å²) in [5.41, 5.74) is 0. The maximum atomic E-state index is 2.70. The molecule has 2 rings (SSSR count). The van der Waals surface area contributed by atoms with Crippen molar-refractivity contribution in [2.24, 2.45) is 0 Å². The van der Waals surface area contributed by atoms with E-state index in [4.69, 9.17) is 0 Å². The molecule has 0 N–H and O–H groups in total. The van der Waals surface area contributed by atoms with Gasteiger partial charge in [0.2, 0.25) is 0 Å². The van der Waals surface area contributed by atoms with E-state index in [9.17, 15) is 0 Å². The zero-order chi connectivity index (χ0) is 9.97. The fourth-order valence-corrected chi connectivity index (χ4v) is 3.02. The normalized spacial score (nSPS) is 31.7. The largest absolute Gasteiger partial charge is 0.298 e. The van der Waals surface area contributed by atoms with E-state index in [1.54, 1.807) is 0 Å². The van der Waals surface area contributed by atoms with Gasteiger partial charge in [-0.15, -0.1) is 0 Å². The predicted octanol–water partition coefficient (Wildman–Crippen LogP) is 1.96. The Hall–Kier alpha value is -0.0800. The van der Waals surface area contributed by atoms with Gasteiger partial charge in [0.05, 0.1) is 0 Å². The van der Waals surface area contributed by atoms with Gasteiger partial charge in [0.1, 0.15) is 0 Å². The average molecular weight is 196 g/mol. The van der Waals surface area contributed by atoms with Crippen LogP contribution in [0.3, 0.4) is 0 Å². The molecule has 0 saturated carbocycles. The van der Waals surface area contributed by atoms with E-state index in [0.29, 0.717) is 0 Å². The van der Waals surface area contributed by atoms with Crippen molar-refractivity contribution in [1.82, 2.24) is 9.80 Å². The molecule has 0 spiro atoms. The van der Waals surface area contributed by atoms with Gasteiger partial charge >= 0.3 is 0 Å². The van der Waals surface area contributed by atoms with Gasteiger partial charge < -0.3 is 0 Å². The van der Waals surface area contributed by atoms with Crippen LogP contribution in [-0.4, -0.2) is 48.1 Å². The van der Waals surface area contributed by atoms with Gasteiger partial charge in [0, 0.05) is 31.7 Å². The van der Waals surface area contributed by atoms with Crippen LogP contribution in [-0.2, 0) is 0 Å². The Balaban J connectivity index is 1.84. The van der Waals surface area contributed by atoms with Crippen molar-refractivity contribution < 1.29 is 0 Å². The van der Waals surface area contributed by atoms with Crippen LogP contribution in [0.15, 0.2) is 0 Å². The molecule has 2 atom stereocenters. The molecule has 0 amide bonds. The molecule has 0 bridgehead atoms. The number of nitrogens with zero attached hydrogens (tertiary/aromatic N) is 2. The highest BCUT2D eigenvalue weighted by molar-refractivity contribution is 4.88. The Morgan fingerprint density at radius 3 is 2.93 bits per heavy atom. The summed E-state index contributed by atoms with van der Waals surface area (Å²) in [5.74, 6) is 0. The molecule has 0 aliphatic carbocycles. The molecule has 2 aliphatic heterocycles. The van der Waals surface area contributed by atoms with Crippen LogP contribution in [0.5, 0.6) is 0 Å². The fraction of sp³-hybridized carbons (Fsp3) is 1.00. The molecule has 0 aromatic carbocycles. The van der Waals surface area contributed by atoms with Crippen LogP contribution in [0.4, 0.5) is 0 Å². The number of hydrogen-bond donors (Lipinski definition) is 0. The number of rotatable bonds is 3. The molecule has 2 nitrogen and oxygen atoms in total. The van der Waals surface area contributed by atoms with E-state index >= 15 is 0 Å². The Morgan fingerprint density at radius 1 is 1.29 bits per heavy atom. The summed E-state index contributed by atoms with van der Waals surface area (Å²) in [7, 11) is 0. The third kappa shape index (κ3) is 2.12. The molecule has 2 saturated heterocycles. The van der Waals surface area contributed by atoms with Crippen molar-refractivity contribution in [3.05, 3.63) is 0 Å². The Labute approximate surface area is 88.3 Å². The summed E-state index contributed by atoms with van der Waals surface area (Å²) < 4.78 is 0. The van der Waals surface area contributed by atoms with Gasteiger partial charge in [-0.05, 0) is 32.7 Å². The minimum absolute atomic E-state index is 0.808. The van der Waals surface area contributed by atoms with Crippen molar-refractivity contribution in [2.45, 2.75) is 51.6 Å². The van der Waals surface area contributed by atoms with Gasteiger partial charge in [0.15, 0.2) is 0 Å². The molecule has 14 heavy (non-hydrogen) atoms. The van der Waals surface area contributed by atoms with Crippen LogP contribution in [0, 0.1) is 0 Å². The van der Waals surface area contributed by atoms with Gasteiger partial charge in [-0.2, -0.15) is 0 Å². The summed E-state index contributed by atoms with van der Waals surface area (Å²) in [6, 6.07) is 1.70. The van der Waals surface area contributed by atoms with Crippen LogP contribution in [0.1, 0.15) is 39.5 Å². The Kier molecular flexibility index (Phi) is 3.45. The number of piperazine rings is 1. The Bertz CT molecular complexity index is 181. The zero-order valence-electron chi connectivity index (χ0n) is 9.71. The smallest absolute Gasteiger partial charge is 0.0224 e. The number of fused-ring (bicyclic) bond motifs is 1. The van der Waals surface area contributed by atoms with Crippen LogP contribution < -0.4 is 0 Å². The monoisotopic (exact) mass is 196 g/mol. The first-order valence-corrected chi connectivity index (χ1v) is 6.29. The second-order valence-corrected chi connectivity index (χ2v) is 4.96. The topological polar surface area (TPSA) is 6.48 Å².